The van der Waals surface area contributed by atoms with E-state index in [1.54, 1.807) is 39.0 Å². The summed E-state index contributed by atoms with van der Waals surface area (Å²) in [6, 6.07) is 10.8. The quantitative estimate of drug-likeness (QED) is 0.283. The number of unbranched alkanes of at least 4 members (excludes halogenated alkanes) is 4. The van der Waals surface area contributed by atoms with Crippen molar-refractivity contribution < 1.29 is 31.2 Å². The molecular weight excluding hydrogens is 604 g/mol. The number of rotatable bonds is 13. The van der Waals surface area contributed by atoms with Gasteiger partial charge in [0.25, 0.3) is 5.91 Å². The van der Waals surface area contributed by atoms with Crippen molar-refractivity contribution in [3.63, 3.8) is 0 Å². The zero-order valence-electron chi connectivity index (χ0n) is 26.6. The van der Waals surface area contributed by atoms with Gasteiger partial charge in [0.1, 0.15) is 5.60 Å². The van der Waals surface area contributed by atoms with E-state index in [4.69, 9.17) is 4.74 Å². The lowest BCUT2D eigenvalue weighted by Gasteiger charge is -2.25. The second kappa shape index (κ2) is 14.6. The van der Waals surface area contributed by atoms with Gasteiger partial charge in [0.2, 0.25) is 10.0 Å². The predicted octanol–water partition coefficient (Wildman–Crippen LogP) is 5.18. The van der Waals surface area contributed by atoms with Crippen LogP contribution in [0.1, 0.15) is 76.6 Å². The minimum Gasteiger partial charge on any atom is -0.444 e. The lowest BCUT2D eigenvalue weighted by molar-refractivity contribution is 0.0508. The first kappa shape index (κ1) is 35.2. The van der Waals surface area contributed by atoms with E-state index in [1.165, 1.54) is 31.3 Å². The summed E-state index contributed by atoms with van der Waals surface area (Å²) in [5.41, 5.74) is 0.785. The number of carbonyl (C=O) groups is 2. The van der Waals surface area contributed by atoms with E-state index in [0.717, 1.165) is 36.2 Å². The lowest BCUT2D eigenvalue weighted by atomic mass is 10.1. The van der Waals surface area contributed by atoms with Gasteiger partial charge in [-0.15, -0.1) is 0 Å². The highest BCUT2D eigenvalue weighted by atomic mass is 32.2. The number of benzene rings is 2. The highest BCUT2D eigenvalue weighted by Crippen LogP contribution is 2.31. The van der Waals surface area contributed by atoms with Crippen LogP contribution in [0.2, 0.25) is 0 Å². The van der Waals surface area contributed by atoms with Gasteiger partial charge >= 0.3 is 6.09 Å². The number of alkyl carbamates (subject to hydrolysis) is 1. The Bertz CT molecular complexity index is 1520. The van der Waals surface area contributed by atoms with Crippen LogP contribution in [0.15, 0.2) is 47.4 Å². The first-order chi connectivity index (χ1) is 20.5. The highest BCUT2D eigenvalue weighted by molar-refractivity contribution is 7.92. The average molecular weight is 651 g/mol. The molecule has 0 aliphatic carbocycles. The fraction of sp³-hybridized carbons (Fsp3) is 0.548. The molecule has 2 amide bonds. The molecule has 13 heteroatoms. The molecule has 0 radical (unpaired) electrons. The van der Waals surface area contributed by atoms with Gasteiger partial charge in [-0.1, -0.05) is 32.6 Å². The molecule has 44 heavy (non-hydrogen) atoms. The Labute approximate surface area is 262 Å². The first-order valence-electron chi connectivity index (χ1n) is 15.0. The molecule has 2 aromatic rings. The summed E-state index contributed by atoms with van der Waals surface area (Å²) >= 11 is 0. The second-order valence-electron chi connectivity index (χ2n) is 12.2. The van der Waals surface area contributed by atoms with Gasteiger partial charge in [-0.2, -0.15) is 0 Å². The van der Waals surface area contributed by atoms with Crippen molar-refractivity contribution in [2.24, 2.45) is 0 Å². The predicted molar refractivity (Wildman–Crippen MR) is 175 cm³/mol. The minimum atomic E-state index is -3.71. The number of nitrogens with zero attached hydrogens (tertiary/aromatic N) is 2. The van der Waals surface area contributed by atoms with E-state index in [-0.39, 0.29) is 27.9 Å². The SMILES string of the molecule is CCCCCCCS(=O)(=O)c1ccc(NC(=O)c2ccc(N3CC[C@H](NC(=O)OC(C)(C)C)C3)cc2N(C)S(C)(=O)=O)cc1. The number of amides is 2. The third-order valence-electron chi connectivity index (χ3n) is 7.32. The van der Waals surface area contributed by atoms with E-state index >= 15 is 0 Å². The van der Waals surface area contributed by atoms with Crippen LogP contribution < -0.4 is 19.8 Å². The fourth-order valence-corrected chi connectivity index (χ4v) is 6.77. The van der Waals surface area contributed by atoms with Crippen LogP contribution in [0.5, 0.6) is 0 Å². The van der Waals surface area contributed by atoms with Gasteiger partial charge in [0, 0.05) is 31.5 Å². The molecule has 0 saturated carbocycles. The first-order valence-corrected chi connectivity index (χ1v) is 18.5. The molecule has 0 bridgehead atoms. The van der Waals surface area contributed by atoms with Crippen LogP contribution in [0.3, 0.4) is 0 Å². The largest absolute Gasteiger partial charge is 0.444 e. The number of sulfonamides is 1. The molecule has 244 valence electrons. The summed E-state index contributed by atoms with van der Waals surface area (Å²) < 4.78 is 56.9. The molecule has 1 fully saturated rings. The zero-order valence-corrected chi connectivity index (χ0v) is 28.2. The van der Waals surface area contributed by atoms with Gasteiger partial charge in [-0.05, 0) is 76.1 Å². The van der Waals surface area contributed by atoms with Crippen molar-refractivity contribution in [1.82, 2.24) is 5.32 Å². The van der Waals surface area contributed by atoms with Crippen molar-refractivity contribution in [2.75, 3.05) is 46.7 Å². The normalized spacial score (nSPS) is 15.6. The van der Waals surface area contributed by atoms with Crippen molar-refractivity contribution in [1.29, 1.82) is 0 Å². The standard InChI is InChI=1S/C31H46N4O7S2/c1-7-8-9-10-11-20-44(40,41)26-15-12-23(13-16-26)32-29(36)27-17-14-25(21-28(27)34(5)43(6,38)39)35-19-18-24(22-35)33-30(37)42-31(2,3)4/h12-17,21,24H,7-11,18-20,22H2,1-6H3,(H,32,36)(H,33,37)/t24-/m0/s1. The minimum absolute atomic E-state index is 0.0742. The molecule has 0 aromatic heterocycles. The maximum atomic E-state index is 13.4. The Hall–Kier alpha value is -3.32. The lowest BCUT2D eigenvalue weighted by Crippen LogP contribution is -2.40. The van der Waals surface area contributed by atoms with E-state index in [9.17, 15) is 26.4 Å². The number of anilines is 3. The van der Waals surface area contributed by atoms with Gasteiger partial charge < -0.3 is 20.3 Å². The number of nitrogens with one attached hydrogen (secondary N) is 2. The number of ether oxygens (including phenoxy) is 1. The van der Waals surface area contributed by atoms with E-state index in [0.29, 0.717) is 37.3 Å². The molecule has 1 atom stereocenters. The Morgan fingerprint density at radius 1 is 1.00 bits per heavy atom. The fourth-order valence-electron chi connectivity index (χ4n) is 4.89. The monoisotopic (exact) mass is 650 g/mol. The number of sulfone groups is 1. The Kier molecular flexibility index (Phi) is 11.7. The average Bonchev–Trinajstić information content (AvgIpc) is 3.39. The number of hydrogen-bond acceptors (Lipinski definition) is 8. The van der Waals surface area contributed by atoms with Crippen LogP contribution in [0.4, 0.5) is 21.9 Å². The van der Waals surface area contributed by atoms with Crippen LogP contribution in [0.25, 0.3) is 0 Å². The Morgan fingerprint density at radius 2 is 1.66 bits per heavy atom. The van der Waals surface area contributed by atoms with Crippen LogP contribution in [0, 0.1) is 0 Å². The Morgan fingerprint density at radius 3 is 2.27 bits per heavy atom. The van der Waals surface area contributed by atoms with E-state index < -0.39 is 37.5 Å². The van der Waals surface area contributed by atoms with Crippen molar-refractivity contribution in [2.45, 2.75) is 82.8 Å². The van der Waals surface area contributed by atoms with Gasteiger partial charge in [0.15, 0.2) is 9.84 Å². The van der Waals surface area contributed by atoms with Crippen molar-refractivity contribution >= 4 is 48.9 Å². The summed E-state index contributed by atoms with van der Waals surface area (Å²) in [5.74, 6) is -0.468. The third kappa shape index (κ3) is 10.1. The maximum Gasteiger partial charge on any atom is 0.407 e. The van der Waals surface area contributed by atoms with E-state index in [1.807, 2.05) is 4.90 Å². The molecule has 2 N–H and O–H groups in total. The molecule has 11 nitrogen and oxygen atoms in total. The summed E-state index contributed by atoms with van der Waals surface area (Å²) in [7, 11) is -5.76. The van der Waals surface area contributed by atoms with Crippen LogP contribution in [-0.4, -0.2) is 72.6 Å². The van der Waals surface area contributed by atoms with Crippen LogP contribution >= 0.6 is 0 Å². The van der Waals surface area contributed by atoms with E-state index in [2.05, 4.69) is 17.6 Å². The number of hydrogen-bond donors (Lipinski definition) is 2. The smallest absolute Gasteiger partial charge is 0.407 e. The van der Waals surface area contributed by atoms with Gasteiger partial charge in [-0.3, -0.25) is 9.10 Å². The third-order valence-corrected chi connectivity index (χ3v) is 10.3. The summed E-state index contributed by atoms with van der Waals surface area (Å²) in [6.45, 7) is 8.59. The molecule has 1 aliphatic rings. The topological polar surface area (TPSA) is 142 Å². The number of carbonyl (C=O) groups excluding carboxylic acids is 2. The van der Waals surface area contributed by atoms with Crippen molar-refractivity contribution in [3.05, 3.63) is 48.0 Å². The maximum absolute atomic E-state index is 13.4. The molecule has 1 saturated heterocycles. The molecule has 3 rings (SSSR count). The molecule has 0 spiro atoms. The van der Waals surface area contributed by atoms with Gasteiger partial charge in [-0.25, -0.2) is 21.6 Å². The summed E-state index contributed by atoms with van der Waals surface area (Å²) in [6.07, 6.45) is 5.89. The molecular formula is C31H46N4O7S2. The molecule has 1 aliphatic heterocycles. The van der Waals surface area contributed by atoms with Gasteiger partial charge in [0.05, 0.1) is 34.2 Å². The zero-order chi connectivity index (χ0) is 32.7. The molecule has 2 aromatic carbocycles. The summed E-state index contributed by atoms with van der Waals surface area (Å²) in [5, 5.41) is 5.63. The molecule has 1 heterocycles. The highest BCUT2D eigenvalue weighted by Gasteiger charge is 2.28. The molecule has 0 unspecified atom stereocenters. The summed E-state index contributed by atoms with van der Waals surface area (Å²) in [4.78, 5) is 27.8. The second-order valence-corrected chi connectivity index (χ2v) is 16.3. The van der Waals surface area contributed by atoms with Crippen molar-refractivity contribution in [3.8, 4) is 0 Å². The van der Waals surface area contributed by atoms with Crippen LogP contribution in [-0.2, 0) is 24.6 Å². The Balaban J connectivity index is 1.74.